The summed E-state index contributed by atoms with van der Waals surface area (Å²) in [5.41, 5.74) is -1.30. The Kier molecular flexibility index (Phi) is 4.33. The third-order valence-electron chi connectivity index (χ3n) is 1.92. The Morgan fingerprint density at radius 2 is 2.00 bits per heavy atom. The van der Waals surface area contributed by atoms with Gasteiger partial charge in [0.2, 0.25) is 10.0 Å². The molecule has 0 aromatic heterocycles. The molecule has 1 rings (SSSR count). The van der Waals surface area contributed by atoms with Crippen molar-refractivity contribution in [1.29, 1.82) is 0 Å². The summed E-state index contributed by atoms with van der Waals surface area (Å²) in [5.74, 6) is -0.392. The van der Waals surface area contributed by atoms with Crippen molar-refractivity contribution in [3.05, 3.63) is 23.8 Å². The quantitative estimate of drug-likeness (QED) is 0.870. The average Bonchev–Trinajstić information content (AvgIpc) is 2.27. The van der Waals surface area contributed by atoms with E-state index in [1.165, 1.54) is 0 Å². The summed E-state index contributed by atoms with van der Waals surface area (Å²) in [6.07, 6.45) is -4.65. The SMILES string of the molecule is COc1ccc(NS(=O)(=O)CCl)cc1C(F)(F)F. The van der Waals surface area contributed by atoms with E-state index in [0.717, 1.165) is 19.2 Å². The van der Waals surface area contributed by atoms with E-state index >= 15 is 0 Å². The van der Waals surface area contributed by atoms with Gasteiger partial charge in [0.25, 0.3) is 0 Å². The standard InChI is InChI=1S/C9H9ClF3NO3S/c1-17-8-3-2-6(14-18(15,16)5-10)4-7(8)9(11,12)13/h2-4,14H,5H2,1H3. The molecule has 0 atom stereocenters. The lowest BCUT2D eigenvalue weighted by Crippen LogP contribution is -2.15. The number of alkyl halides is 4. The Balaban J connectivity index is 3.20. The first-order valence-electron chi connectivity index (χ1n) is 4.51. The predicted octanol–water partition coefficient (Wildman–Crippen LogP) is 2.65. The first-order chi connectivity index (χ1) is 8.19. The zero-order valence-corrected chi connectivity index (χ0v) is 10.7. The molecule has 0 heterocycles. The highest BCUT2D eigenvalue weighted by Crippen LogP contribution is 2.37. The van der Waals surface area contributed by atoms with Gasteiger partial charge in [-0.15, -0.1) is 11.6 Å². The highest BCUT2D eigenvalue weighted by Gasteiger charge is 2.34. The lowest BCUT2D eigenvalue weighted by atomic mass is 10.1. The van der Waals surface area contributed by atoms with Gasteiger partial charge in [0, 0.05) is 5.69 Å². The molecular formula is C9H9ClF3NO3S. The van der Waals surface area contributed by atoms with Crippen molar-refractivity contribution in [2.45, 2.75) is 6.18 Å². The van der Waals surface area contributed by atoms with Crippen LogP contribution in [0.25, 0.3) is 0 Å². The maximum atomic E-state index is 12.6. The molecule has 0 fully saturated rings. The Labute approximate surface area is 107 Å². The molecule has 1 aromatic carbocycles. The lowest BCUT2D eigenvalue weighted by molar-refractivity contribution is -0.138. The topological polar surface area (TPSA) is 55.4 Å². The Morgan fingerprint density at radius 1 is 1.39 bits per heavy atom. The number of nitrogens with one attached hydrogen (secondary N) is 1. The van der Waals surface area contributed by atoms with Crippen LogP contribution >= 0.6 is 11.6 Å². The molecule has 0 aliphatic rings. The van der Waals surface area contributed by atoms with E-state index in [4.69, 9.17) is 11.6 Å². The number of methoxy groups -OCH3 is 1. The van der Waals surface area contributed by atoms with Crippen LogP contribution in [-0.2, 0) is 16.2 Å². The number of anilines is 1. The van der Waals surface area contributed by atoms with Crippen LogP contribution in [0.4, 0.5) is 18.9 Å². The minimum Gasteiger partial charge on any atom is -0.496 e. The van der Waals surface area contributed by atoms with E-state index in [2.05, 4.69) is 4.74 Å². The largest absolute Gasteiger partial charge is 0.496 e. The van der Waals surface area contributed by atoms with Crippen molar-refractivity contribution in [3.8, 4) is 5.75 Å². The van der Waals surface area contributed by atoms with Crippen LogP contribution in [0.1, 0.15) is 5.56 Å². The van der Waals surface area contributed by atoms with E-state index in [-0.39, 0.29) is 5.69 Å². The van der Waals surface area contributed by atoms with E-state index < -0.39 is 32.7 Å². The average molecular weight is 304 g/mol. The van der Waals surface area contributed by atoms with Gasteiger partial charge in [0.1, 0.15) is 11.0 Å². The highest BCUT2D eigenvalue weighted by atomic mass is 35.5. The summed E-state index contributed by atoms with van der Waals surface area (Å²) in [4.78, 5) is 0. The summed E-state index contributed by atoms with van der Waals surface area (Å²) in [6, 6.07) is 2.82. The molecule has 102 valence electrons. The zero-order valence-electron chi connectivity index (χ0n) is 9.08. The van der Waals surface area contributed by atoms with Gasteiger partial charge in [-0.1, -0.05) is 0 Å². The zero-order chi connectivity index (χ0) is 14.0. The molecule has 0 saturated heterocycles. The van der Waals surface area contributed by atoms with Gasteiger partial charge in [0.05, 0.1) is 12.7 Å². The summed E-state index contributed by atoms with van der Waals surface area (Å²) in [7, 11) is -2.76. The monoisotopic (exact) mass is 303 g/mol. The van der Waals surface area contributed by atoms with Crippen molar-refractivity contribution < 1.29 is 26.3 Å². The molecule has 0 aliphatic carbocycles. The number of rotatable bonds is 4. The smallest absolute Gasteiger partial charge is 0.420 e. The minimum absolute atomic E-state index is 0.233. The van der Waals surface area contributed by atoms with Gasteiger partial charge >= 0.3 is 6.18 Å². The van der Waals surface area contributed by atoms with E-state index in [1.807, 2.05) is 4.72 Å². The molecule has 0 aliphatic heterocycles. The van der Waals surface area contributed by atoms with Crippen LogP contribution in [0, 0.1) is 0 Å². The summed E-state index contributed by atoms with van der Waals surface area (Å²) < 4.78 is 66.7. The minimum atomic E-state index is -4.65. The van der Waals surface area contributed by atoms with Crippen molar-refractivity contribution in [2.75, 3.05) is 17.0 Å². The van der Waals surface area contributed by atoms with Crippen LogP contribution in [-0.4, -0.2) is 20.7 Å². The van der Waals surface area contributed by atoms with Crippen molar-refractivity contribution in [1.82, 2.24) is 0 Å². The fourth-order valence-corrected chi connectivity index (χ4v) is 1.90. The van der Waals surface area contributed by atoms with Gasteiger partial charge in [-0.05, 0) is 18.2 Å². The Hall–Kier alpha value is -1.15. The molecular weight excluding hydrogens is 295 g/mol. The molecule has 0 bridgehead atoms. The Morgan fingerprint density at radius 3 is 2.44 bits per heavy atom. The van der Waals surface area contributed by atoms with E-state index in [9.17, 15) is 21.6 Å². The molecule has 0 unspecified atom stereocenters. The third-order valence-corrected chi connectivity index (χ3v) is 3.62. The van der Waals surface area contributed by atoms with Gasteiger partial charge < -0.3 is 4.74 Å². The number of hydrogen-bond donors (Lipinski definition) is 1. The second-order valence-electron chi connectivity index (χ2n) is 3.24. The molecule has 0 spiro atoms. The molecule has 0 amide bonds. The van der Waals surface area contributed by atoms with Gasteiger partial charge in [-0.3, -0.25) is 4.72 Å². The maximum absolute atomic E-state index is 12.6. The van der Waals surface area contributed by atoms with Gasteiger partial charge in [-0.2, -0.15) is 13.2 Å². The van der Waals surface area contributed by atoms with Crippen LogP contribution in [0.3, 0.4) is 0 Å². The number of hydrogen-bond acceptors (Lipinski definition) is 3. The summed E-state index contributed by atoms with van der Waals surface area (Å²) >= 11 is 5.13. The number of ether oxygens (including phenoxy) is 1. The summed E-state index contributed by atoms with van der Waals surface area (Å²) in [5, 5.41) is -0.750. The van der Waals surface area contributed by atoms with Crippen molar-refractivity contribution >= 4 is 27.3 Å². The molecule has 18 heavy (non-hydrogen) atoms. The van der Waals surface area contributed by atoms with Crippen molar-refractivity contribution in [3.63, 3.8) is 0 Å². The molecule has 9 heteroatoms. The molecule has 1 aromatic rings. The van der Waals surface area contributed by atoms with Crippen LogP contribution < -0.4 is 9.46 Å². The van der Waals surface area contributed by atoms with E-state index in [0.29, 0.717) is 6.07 Å². The number of sulfonamides is 1. The highest BCUT2D eigenvalue weighted by molar-refractivity contribution is 7.93. The van der Waals surface area contributed by atoms with Crippen LogP contribution in [0.15, 0.2) is 18.2 Å². The number of halogens is 4. The first-order valence-corrected chi connectivity index (χ1v) is 6.70. The second kappa shape index (κ2) is 5.23. The van der Waals surface area contributed by atoms with Crippen molar-refractivity contribution in [2.24, 2.45) is 0 Å². The van der Waals surface area contributed by atoms with Crippen LogP contribution in [0.2, 0.25) is 0 Å². The maximum Gasteiger partial charge on any atom is 0.420 e. The third kappa shape index (κ3) is 3.67. The fourth-order valence-electron chi connectivity index (χ4n) is 1.20. The van der Waals surface area contributed by atoms with Gasteiger partial charge in [-0.25, -0.2) is 8.42 Å². The summed E-state index contributed by atoms with van der Waals surface area (Å²) in [6.45, 7) is 0. The Bertz CT molecular complexity index is 530. The molecule has 0 saturated carbocycles. The van der Waals surface area contributed by atoms with Gasteiger partial charge in [0.15, 0.2) is 0 Å². The molecule has 4 nitrogen and oxygen atoms in total. The van der Waals surface area contributed by atoms with E-state index in [1.54, 1.807) is 0 Å². The lowest BCUT2D eigenvalue weighted by Gasteiger charge is -2.14. The second-order valence-corrected chi connectivity index (χ2v) is 5.55. The number of benzene rings is 1. The predicted molar refractivity (Wildman–Crippen MR) is 61.3 cm³/mol. The molecule has 1 N–H and O–H groups in total. The fraction of sp³-hybridized carbons (Fsp3) is 0.333. The van der Waals surface area contributed by atoms with Crippen LogP contribution in [0.5, 0.6) is 5.75 Å². The molecule has 0 radical (unpaired) electrons. The normalized spacial score (nSPS) is 12.3. The first kappa shape index (κ1) is 14.9.